The normalized spacial score (nSPS) is 14.6. The summed E-state index contributed by atoms with van der Waals surface area (Å²) in [5, 5.41) is 6.04. The molecule has 1 fully saturated rings. The summed E-state index contributed by atoms with van der Waals surface area (Å²) in [5.41, 5.74) is 1.76. The van der Waals surface area contributed by atoms with Crippen LogP contribution in [0.15, 0.2) is 48.5 Å². The minimum absolute atomic E-state index is 0.000847. The van der Waals surface area contributed by atoms with E-state index in [0.717, 1.165) is 24.2 Å². The maximum Gasteiger partial charge on any atom is 0.319 e. The molecule has 1 atom stereocenters. The molecule has 1 saturated carbocycles. The average Bonchev–Trinajstić information content (AvgIpc) is 3.46. The molecule has 2 amide bonds. The number of hydrogen-bond acceptors (Lipinski definition) is 3. The van der Waals surface area contributed by atoms with Gasteiger partial charge in [-0.1, -0.05) is 24.3 Å². The van der Waals surface area contributed by atoms with Crippen LogP contribution in [0, 0.1) is 5.92 Å². The molecule has 26 heavy (non-hydrogen) atoms. The highest BCUT2D eigenvalue weighted by Gasteiger charge is 2.33. The van der Waals surface area contributed by atoms with Gasteiger partial charge in [-0.2, -0.15) is 0 Å². The molecule has 1 aliphatic rings. The predicted molar refractivity (Wildman–Crippen MR) is 103 cm³/mol. The van der Waals surface area contributed by atoms with Gasteiger partial charge in [0.2, 0.25) is 0 Å². The van der Waals surface area contributed by atoms with Gasteiger partial charge in [0.05, 0.1) is 24.9 Å². The Balaban J connectivity index is 1.69. The number of ether oxygens (including phenoxy) is 2. The highest BCUT2D eigenvalue weighted by atomic mass is 16.5. The average molecular weight is 354 g/mol. The van der Waals surface area contributed by atoms with Crippen LogP contribution in [0.25, 0.3) is 0 Å². The fraction of sp³-hybridized carbons (Fsp3) is 0.381. The Morgan fingerprint density at radius 1 is 1.08 bits per heavy atom. The first-order valence-electron chi connectivity index (χ1n) is 9.04. The Kier molecular flexibility index (Phi) is 5.66. The van der Waals surface area contributed by atoms with Gasteiger partial charge in [-0.15, -0.1) is 0 Å². The molecule has 3 rings (SSSR count). The van der Waals surface area contributed by atoms with E-state index in [1.165, 1.54) is 0 Å². The molecule has 5 nitrogen and oxygen atoms in total. The number of carbonyl (C=O) groups is 1. The minimum Gasteiger partial charge on any atom is -0.497 e. The van der Waals surface area contributed by atoms with E-state index in [9.17, 15) is 4.79 Å². The Labute approximate surface area is 154 Å². The monoisotopic (exact) mass is 354 g/mol. The van der Waals surface area contributed by atoms with Crippen LogP contribution in [0.3, 0.4) is 0 Å². The largest absolute Gasteiger partial charge is 0.497 e. The molecule has 138 valence electrons. The highest BCUT2D eigenvalue weighted by molar-refractivity contribution is 5.91. The number of para-hydroxylation sites is 2. The van der Waals surface area contributed by atoms with E-state index in [-0.39, 0.29) is 18.2 Å². The molecule has 2 N–H and O–H groups in total. The zero-order valence-electron chi connectivity index (χ0n) is 15.5. The third-order valence-corrected chi connectivity index (χ3v) is 4.35. The van der Waals surface area contributed by atoms with Crippen molar-refractivity contribution in [2.45, 2.75) is 38.8 Å². The van der Waals surface area contributed by atoms with Crippen molar-refractivity contribution >= 4 is 11.7 Å². The molecule has 1 aliphatic carbocycles. The molecule has 0 heterocycles. The van der Waals surface area contributed by atoms with Gasteiger partial charge in [-0.3, -0.25) is 0 Å². The van der Waals surface area contributed by atoms with E-state index in [1.54, 1.807) is 7.11 Å². The van der Waals surface area contributed by atoms with Crippen LogP contribution in [0.2, 0.25) is 0 Å². The second-order valence-corrected chi connectivity index (χ2v) is 6.85. The standard InChI is InChI=1S/C21H26N2O3/c1-14(2)26-19-7-5-4-6-18(19)22-21(24)23-20(15-8-9-15)16-10-12-17(25-3)13-11-16/h4-7,10-15,20H,8-9H2,1-3H3,(H2,22,23,24). The van der Waals surface area contributed by atoms with Gasteiger partial charge in [0.15, 0.2) is 0 Å². The number of urea groups is 1. The third kappa shape index (κ3) is 4.69. The quantitative estimate of drug-likeness (QED) is 0.754. The van der Waals surface area contributed by atoms with E-state index in [1.807, 2.05) is 62.4 Å². The van der Waals surface area contributed by atoms with Gasteiger partial charge in [0, 0.05) is 0 Å². The lowest BCUT2D eigenvalue weighted by atomic mass is 10.0. The summed E-state index contributed by atoms with van der Waals surface area (Å²) in [4.78, 5) is 12.6. The molecule has 1 unspecified atom stereocenters. The van der Waals surface area contributed by atoms with Gasteiger partial charge < -0.3 is 20.1 Å². The van der Waals surface area contributed by atoms with E-state index in [4.69, 9.17) is 9.47 Å². The van der Waals surface area contributed by atoms with E-state index >= 15 is 0 Å². The highest BCUT2D eigenvalue weighted by Crippen LogP contribution is 2.41. The Bertz CT molecular complexity index is 739. The Morgan fingerprint density at radius 2 is 1.77 bits per heavy atom. The van der Waals surface area contributed by atoms with Gasteiger partial charge in [-0.05, 0) is 62.4 Å². The number of benzene rings is 2. The van der Waals surface area contributed by atoms with Crippen LogP contribution >= 0.6 is 0 Å². The number of anilines is 1. The fourth-order valence-corrected chi connectivity index (χ4v) is 2.94. The molecule has 5 heteroatoms. The number of carbonyl (C=O) groups excluding carboxylic acids is 1. The van der Waals surface area contributed by atoms with Crippen LogP contribution in [0.1, 0.15) is 38.3 Å². The zero-order valence-corrected chi connectivity index (χ0v) is 15.5. The van der Waals surface area contributed by atoms with E-state index < -0.39 is 0 Å². The molecule has 0 saturated heterocycles. The van der Waals surface area contributed by atoms with Gasteiger partial charge >= 0.3 is 6.03 Å². The van der Waals surface area contributed by atoms with Crippen LogP contribution in [-0.2, 0) is 0 Å². The van der Waals surface area contributed by atoms with Crippen molar-refractivity contribution in [2.75, 3.05) is 12.4 Å². The number of amides is 2. The van der Waals surface area contributed by atoms with Crippen molar-refractivity contribution in [3.8, 4) is 11.5 Å². The molecular formula is C21H26N2O3. The van der Waals surface area contributed by atoms with Crippen molar-refractivity contribution in [3.05, 3.63) is 54.1 Å². The van der Waals surface area contributed by atoms with Gasteiger partial charge in [0.1, 0.15) is 11.5 Å². The molecule has 0 bridgehead atoms. The molecule has 2 aromatic rings. The topological polar surface area (TPSA) is 59.6 Å². The lowest BCUT2D eigenvalue weighted by molar-refractivity contribution is 0.240. The molecule has 0 aliphatic heterocycles. The number of nitrogens with one attached hydrogen (secondary N) is 2. The van der Waals surface area contributed by atoms with Crippen LogP contribution in [0.5, 0.6) is 11.5 Å². The number of methoxy groups -OCH3 is 1. The SMILES string of the molecule is COc1ccc(C(NC(=O)Nc2ccccc2OC(C)C)C2CC2)cc1. The summed E-state index contributed by atoms with van der Waals surface area (Å²) < 4.78 is 11.0. The summed E-state index contributed by atoms with van der Waals surface area (Å²) in [7, 11) is 1.65. The molecule has 0 spiro atoms. The summed E-state index contributed by atoms with van der Waals surface area (Å²) in [6.45, 7) is 3.92. The first-order valence-corrected chi connectivity index (χ1v) is 9.04. The van der Waals surface area contributed by atoms with E-state index in [0.29, 0.717) is 17.4 Å². The predicted octanol–water partition coefficient (Wildman–Crippen LogP) is 4.76. The smallest absolute Gasteiger partial charge is 0.319 e. The lowest BCUT2D eigenvalue weighted by Gasteiger charge is -2.20. The third-order valence-electron chi connectivity index (χ3n) is 4.35. The second kappa shape index (κ2) is 8.13. The van der Waals surface area contributed by atoms with Gasteiger partial charge in [0.25, 0.3) is 0 Å². The maximum absolute atomic E-state index is 12.6. The lowest BCUT2D eigenvalue weighted by Crippen LogP contribution is -2.33. The van der Waals surface area contributed by atoms with Crippen molar-refractivity contribution < 1.29 is 14.3 Å². The first-order chi connectivity index (χ1) is 12.6. The van der Waals surface area contributed by atoms with Crippen molar-refractivity contribution in [1.29, 1.82) is 0 Å². The second-order valence-electron chi connectivity index (χ2n) is 6.85. The summed E-state index contributed by atoms with van der Waals surface area (Å²) in [6, 6.07) is 15.1. The molecular weight excluding hydrogens is 328 g/mol. The fourth-order valence-electron chi connectivity index (χ4n) is 2.94. The van der Waals surface area contributed by atoms with Crippen LogP contribution in [-0.4, -0.2) is 19.2 Å². The number of rotatable bonds is 7. The van der Waals surface area contributed by atoms with E-state index in [2.05, 4.69) is 10.6 Å². The van der Waals surface area contributed by atoms with Gasteiger partial charge in [-0.25, -0.2) is 4.79 Å². The van der Waals surface area contributed by atoms with Crippen LogP contribution < -0.4 is 20.1 Å². The number of hydrogen-bond donors (Lipinski definition) is 2. The molecule has 2 aromatic carbocycles. The van der Waals surface area contributed by atoms with Crippen molar-refractivity contribution in [3.63, 3.8) is 0 Å². The maximum atomic E-state index is 12.6. The summed E-state index contributed by atoms with van der Waals surface area (Å²) >= 11 is 0. The summed E-state index contributed by atoms with van der Waals surface area (Å²) in [5.74, 6) is 1.97. The summed E-state index contributed by atoms with van der Waals surface area (Å²) in [6.07, 6.45) is 2.30. The van der Waals surface area contributed by atoms with Crippen LogP contribution in [0.4, 0.5) is 10.5 Å². The molecule has 0 aromatic heterocycles. The minimum atomic E-state index is -0.225. The zero-order chi connectivity index (χ0) is 18.5. The van der Waals surface area contributed by atoms with Crippen molar-refractivity contribution in [1.82, 2.24) is 5.32 Å². The Hall–Kier alpha value is -2.69. The van der Waals surface area contributed by atoms with Crippen molar-refractivity contribution in [2.24, 2.45) is 5.92 Å². The molecule has 0 radical (unpaired) electrons. The first kappa shape index (κ1) is 18.1. The Morgan fingerprint density at radius 3 is 2.38 bits per heavy atom.